The van der Waals surface area contributed by atoms with Gasteiger partial charge in [-0.05, 0) is 25.5 Å². The molecule has 1 atom stereocenters. The number of piperidine rings is 1. The highest BCUT2D eigenvalue weighted by molar-refractivity contribution is 5.90. The molecular formula is C14H20N6O2. The Kier molecular flexibility index (Phi) is 4.19. The molecule has 1 amide bonds. The minimum Gasteiger partial charge on any atom is -0.364 e. The molecule has 0 aromatic carbocycles. The normalized spacial score (nSPS) is 19.4. The van der Waals surface area contributed by atoms with Gasteiger partial charge in [0.2, 0.25) is 5.89 Å². The quantitative estimate of drug-likeness (QED) is 0.845. The van der Waals surface area contributed by atoms with Crippen molar-refractivity contribution >= 4 is 5.91 Å². The SMILES string of the molecule is CCc1nc(CN2CCC[C@H](c3cc(C(N)=O)n[nH]3)C2)no1. The molecular weight excluding hydrogens is 284 g/mol. The standard InChI is InChI=1S/C14H20N6O2/c1-2-13-16-12(19-22-13)8-20-5-3-4-9(7-20)10-6-11(14(15)21)18-17-10/h6,9H,2-5,7-8H2,1H3,(H2,15,21)(H,17,18)/t9-/m0/s1. The maximum absolute atomic E-state index is 11.1. The van der Waals surface area contributed by atoms with Crippen molar-refractivity contribution in [2.75, 3.05) is 13.1 Å². The molecule has 0 radical (unpaired) electrons. The topological polar surface area (TPSA) is 114 Å². The summed E-state index contributed by atoms with van der Waals surface area (Å²) in [7, 11) is 0. The van der Waals surface area contributed by atoms with Crippen molar-refractivity contribution in [1.29, 1.82) is 0 Å². The number of primary amides is 1. The number of hydrogen-bond donors (Lipinski definition) is 2. The van der Waals surface area contributed by atoms with E-state index in [1.807, 2.05) is 6.92 Å². The highest BCUT2D eigenvalue weighted by Crippen LogP contribution is 2.26. The fourth-order valence-corrected chi connectivity index (χ4v) is 2.82. The molecule has 3 N–H and O–H groups in total. The maximum Gasteiger partial charge on any atom is 0.269 e. The zero-order valence-electron chi connectivity index (χ0n) is 12.6. The Labute approximate surface area is 128 Å². The van der Waals surface area contributed by atoms with Crippen LogP contribution in [-0.2, 0) is 13.0 Å². The van der Waals surface area contributed by atoms with Crippen molar-refractivity contribution in [1.82, 2.24) is 25.2 Å². The predicted molar refractivity (Wildman–Crippen MR) is 78.0 cm³/mol. The van der Waals surface area contributed by atoms with E-state index < -0.39 is 5.91 Å². The molecule has 0 unspecified atom stereocenters. The van der Waals surface area contributed by atoms with Crippen molar-refractivity contribution in [2.45, 2.75) is 38.6 Å². The van der Waals surface area contributed by atoms with Crippen molar-refractivity contribution < 1.29 is 9.32 Å². The summed E-state index contributed by atoms with van der Waals surface area (Å²) in [5.41, 5.74) is 6.49. The molecule has 22 heavy (non-hydrogen) atoms. The highest BCUT2D eigenvalue weighted by atomic mass is 16.5. The molecule has 1 aliphatic rings. The molecule has 0 bridgehead atoms. The number of aromatic nitrogens is 4. The smallest absolute Gasteiger partial charge is 0.269 e. The second-order valence-electron chi connectivity index (χ2n) is 5.60. The molecule has 3 rings (SSSR count). The fourth-order valence-electron chi connectivity index (χ4n) is 2.82. The Balaban J connectivity index is 1.64. The number of hydrogen-bond acceptors (Lipinski definition) is 6. The second kappa shape index (κ2) is 6.27. The second-order valence-corrected chi connectivity index (χ2v) is 5.60. The molecule has 0 spiro atoms. The lowest BCUT2D eigenvalue weighted by Crippen LogP contribution is -2.34. The van der Waals surface area contributed by atoms with E-state index in [0.29, 0.717) is 18.4 Å². The average molecular weight is 304 g/mol. The molecule has 0 aliphatic carbocycles. The number of aryl methyl sites for hydroxylation is 1. The fraction of sp³-hybridized carbons (Fsp3) is 0.571. The number of nitrogens with zero attached hydrogens (tertiary/aromatic N) is 4. The predicted octanol–water partition coefficient (Wildman–Crippen LogP) is 0.834. The van der Waals surface area contributed by atoms with Gasteiger partial charge in [-0.3, -0.25) is 14.8 Å². The molecule has 1 fully saturated rings. The Morgan fingerprint density at radius 1 is 1.59 bits per heavy atom. The van der Waals surface area contributed by atoms with Crippen LogP contribution >= 0.6 is 0 Å². The van der Waals surface area contributed by atoms with Crippen LogP contribution in [0.4, 0.5) is 0 Å². The van der Waals surface area contributed by atoms with Crippen LogP contribution in [-0.4, -0.2) is 44.2 Å². The Hall–Kier alpha value is -2.22. The number of aromatic amines is 1. The van der Waals surface area contributed by atoms with E-state index in [-0.39, 0.29) is 5.69 Å². The van der Waals surface area contributed by atoms with Gasteiger partial charge in [-0.1, -0.05) is 12.1 Å². The summed E-state index contributed by atoms with van der Waals surface area (Å²) in [5, 5.41) is 10.9. The van der Waals surface area contributed by atoms with Crippen LogP contribution in [0.25, 0.3) is 0 Å². The first-order valence-corrected chi connectivity index (χ1v) is 7.54. The molecule has 8 nitrogen and oxygen atoms in total. The molecule has 2 aromatic heterocycles. The first kappa shape index (κ1) is 14.7. The van der Waals surface area contributed by atoms with Crippen LogP contribution in [0.15, 0.2) is 10.6 Å². The number of carbonyl (C=O) groups excluding carboxylic acids is 1. The number of amides is 1. The Morgan fingerprint density at radius 3 is 3.14 bits per heavy atom. The van der Waals surface area contributed by atoms with Crippen LogP contribution in [0.2, 0.25) is 0 Å². The summed E-state index contributed by atoms with van der Waals surface area (Å²) < 4.78 is 5.14. The van der Waals surface area contributed by atoms with E-state index in [4.69, 9.17) is 10.3 Å². The van der Waals surface area contributed by atoms with Gasteiger partial charge in [0.25, 0.3) is 5.91 Å². The molecule has 118 valence electrons. The number of rotatable bonds is 5. The van der Waals surface area contributed by atoms with Crippen molar-refractivity contribution in [3.63, 3.8) is 0 Å². The maximum atomic E-state index is 11.1. The molecule has 3 heterocycles. The zero-order valence-corrected chi connectivity index (χ0v) is 12.6. The molecule has 1 saturated heterocycles. The summed E-state index contributed by atoms with van der Waals surface area (Å²) in [5.74, 6) is 1.20. The summed E-state index contributed by atoms with van der Waals surface area (Å²) >= 11 is 0. The number of carbonyl (C=O) groups is 1. The van der Waals surface area contributed by atoms with E-state index >= 15 is 0 Å². The van der Waals surface area contributed by atoms with Gasteiger partial charge in [-0.15, -0.1) is 0 Å². The van der Waals surface area contributed by atoms with E-state index in [1.54, 1.807) is 6.07 Å². The van der Waals surface area contributed by atoms with Gasteiger partial charge >= 0.3 is 0 Å². The molecule has 8 heteroatoms. The molecule has 1 aliphatic heterocycles. The lowest BCUT2D eigenvalue weighted by atomic mass is 9.94. The number of nitrogens with one attached hydrogen (secondary N) is 1. The third-order valence-electron chi connectivity index (χ3n) is 3.97. The summed E-state index contributed by atoms with van der Waals surface area (Å²) in [6.45, 7) is 4.54. The monoisotopic (exact) mass is 304 g/mol. The third kappa shape index (κ3) is 3.16. The van der Waals surface area contributed by atoms with Gasteiger partial charge in [0.15, 0.2) is 5.82 Å². The van der Waals surface area contributed by atoms with E-state index in [2.05, 4.69) is 25.2 Å². The lowest BCUT2D eigenvalue weighted by molar-refractivity contribution is 0.0995. The summed E-state index contributed by atoms with van der Waals surface area (Å²) in [6, 6.07) is 1.75. The van der Waals surface area contributed by atoms with Crippen LogP contribution in [0.3, 0.4) is 0 Å². The van der Waals surface area contributed by atoms with E-state index in [0.717, 1.165) is 43.9 Å². The van der Waals surface area contributed by atoms with Gasteiger partial charge in [0.1, 0.15) is 5.69 Å². The van der Waals surface area contributed by atoms with Crippen LogP contribution in [0, 0.1) is 0 Å². The van der Waals surface area contributed by atoms with Gasteiger partial charge in [-0.25, -0.2) is 0 Å². The number of likely N-dealkylation sites (tertiary alicyclic amines) is 1. The average Bonchev–Trinajstić information content (AvgIpc) is 3.16. The lowest BCUT2D eigenvalue weighted by Gasteiger charge is -2.31. The van der Waals surface area contributed by atoms with Crippen LogP contribution < -0.4 is 5.73 Å². The minimum absolute atomic E-state index is 0.290. The highest BCUT2D eigenvalue weighted by Gasteiger charge is 2.24. The molecule has 2 aromatic rings. The van der Waals surface area contributed by atoms with E-state index in [1.165, 1.54) is 0 Å². The first-order chi connectivity index (χ1) is 10.7. The van der Waals surface area contributed by atoms with Crippen molar-refractivity contribution in [2.24, 2.45) is 5.73 Å². The van der Waals surface area contributed by atoms with Crippen molar-refractivity contribution in [3.8, 4) is 0 Å². The van der Waals surface area contributed by atoms with Gasteiger partial charge < -0.3 is 10.3 Å². The van der Waals surface area contributed by atoms with Gasteiger partial charge in [0.05, 0.1) is 6.54 Å². The Morgan fingerprint density at radius 2 is 2.45 bits per heavy atom. The van der Waals surface area contributed by atoms with E-state index in [9.17, 15) is 4.79 Å². The molecule has 0 saturated carbocycles. The third-order valence-corrected chi connectivity index (χ3v) is 3.97. The largest absolute Gasteiger partial charge is 0.364 e. The van der Waals surface area contributed by atoms with Crippen LogP contribution in [0.1, 0.15) is 53.6 Å². The zero-order chi connectivity index (χ0) is 15.5. The van der Waals surface area contributed by atoms with Gasteiger partial charge in [0, 0.05) is 24.6 Å². The summed E-state index contributed by atoms with van der Waals surface area (Å²) in [6.07, 6.45) is 2.89. The van der Waals surface area contributed by atoms with Crippen LogP contribution in [0.5, 0.6) is 0 Å². The number of nitrogens with two attached hydrogens (primary N) is 1. The summed E-state index contributed by atoms with van der Waals surface area (Å²) in [4.78, 5) is 17.8. The minimum atomic E-state index is -0.506. The first-order valence-electron chi connectivity index (χ1n) is 7.54. The Bertz CT molecular complexity index is 649. The van der Waals surface area contributed by atoms with Crippen molar-refractivity contribution in [3.05, 3.63) is 29.2 Å². The van der Waals surface area contributed by atoms with Gasteiger partial charge in [-0.2, -0.15) is 10.1 Å². The number of H-pyrrole nitrogens is 1.